The van der Waals surface area contributed by atoms with Gasteiger partial charge < -0.3 is 15.2 Å². The van der Waals surface area contributed by atoms with E-state index >= 15 is 0 Å². The molecule has 0 fully saturated rings. The van der Waals surface area contributed by atoms with Crippen molar-refractivity contribution in [3.8, 4) is 5.75 Å². The molecule has 0 aliphatic heterocycles. The fourth-order valence-corrected chi connectivity index (χ4v) is 1.68. The third kappa shape index (κ3) is 4.89. The van der Waals surface area contributed by atoms with Crippen LogP contribution in [0.3, 0.4) is 0 Å². The molecule has 0 spiro atoms. The molecule has 1 rings (SSSR count). The van der Waals surface area contributed by atoms with Gasteiger partial charge in [0, 0.05) is 18.7 Å². The Morgan fingerprint density at radius 3 is 2.71 bits per heavy atom. The Morgan fingerprint density at radius 2 is 2.06 bits per heavy atom. The molecule has 0 heterocycles. The van der Waals surface area contributed by atoms with E-state index in [0.717, 1.165) is 25.0 Å². The zero-order chi connectivity index (χ0) is 12.7. The molecule has 3 nitrogen and oxygen atoms in total. The van der Waals surface area contributed by atoms with Gasteiger partial charge in [0.05, 0.1) is 12.2 Å². The number of rotatable bonds is 7. The molecule has 17 heavy (non-hydrogen) atoms. The molecule has 0 saturated carbocycles. The lowest BCUT2D eigenvalue weighted by atomic mass is 10.2. The predicted octanol–water partition coefficient (Wildman–Crippen LogP) is 2.78. The fraction of sp³-hybridized carbons (Fsp3) is 0.417. The van der Waals surface area contributed by atoms with Gasteiger partial charge in [-0.05, 0) is 31.0 Å². The Balaban J connectivity index is 2.56. The number of halogens is 1. The summed E-state index contributed by atoms with van der Waals surface area (Å²) in [5, 5.41) is 0.608. The lowest BCUT2D eigenvalue weighted by Crippen LogP contribution is -2.12. The van der Waals surface area contributed by atoms with Crippen molar-refractivity contribution < 1.29 is 9.47 Å². The molecule has 0 bridgehead atoms. The molecule has 0 amide bonds. The minimum Gasteiger partial charge on any atom is -0.493 e. The average Bonchev–Trinajstić information content (AvgIpc) is 2.28. The van der Waals surface area contributed by atoms with E-state index in [1.165, 1.54) is 0 Å². The van der Waals surface area contributed by atoms with Crippen LogP contribution >= 0.6 is 23.8 Å². The van der Waals surface area contributed by atoms with E-state index in [-0.39, 0.29) is 0 Å². The van der Waals surface area contributed by atoms with Crippen LogP contribution in [0.15, 0.2) is 18.2 Å². The van der Waals surface area contributed by atoms with Crippen LogP contribution in [0.4, 0.5) is 0 Å². The summed E-state index contributed by atoms with van der Waals surface area (Å²) in [6.07, 6.45) is 1.87. The summed E-state index contributed by atoms with van der Waals surface area (Å²) in [5.41, 5.74) is 6.32. The van der Waals surface area contributed by atoms with E-state index in [2.05, 4.69) is 0 Å². The second-order valence-corrected chi connectivity index (χ2v) is 4.43. The van der Waals surface area contributed by atoms with Crippen molar-refractivity contribution in [2.45, 2.75) is 12.8 Å². The Labute approximate surface area is 112 Å². The molecule has 0 saturated heterocycles. The first-order valence-electron chi connectivity index (χ1n) is 5.36. The summed E-state index contributed by atoms with van der Waals surface area (Å²) in [5.74, 6) is 0.641. The molecular weight excluding hydrogens is 258 g/mol. The van der Waals surface area contributed by atoms with Crippen molar-refractivity contribution in [2.24, 2.45) is 5.73 Å². The highest BCUT2D eigenvalue weighted by Gasteiger charge is 2.07. The number of nitrogens with two attached hydrogens (primary N) is 1. The lowest BCUT2D eigenvalue weighted by molar-refractivity contribution is 0.184. The van der Waals surface area contributed by atoms with E-state index in [0.29, 0.717) is 22.4 Å². The van der Waals surface area contributed by atoms with Crippen molar-refractivity contribution in [3.05, 3.63) is 28.8 Å². The Bertz CT molecular complexity index is 385. The van der Waals surface area contributed by atoms with Gasteiger partial charge >= 0.3 is 0 Å². The van der Waals surface area contributed by atoms with Crippen LogP contribution < -0.4 is 10.5 Å². The first kappa shape index (κ1) is 14.2. The molecule has 0 aliphatic carbocycles. The van der Waals surface area contributed by atoms with Crippen molar-refractivity contribution in [1.82, 2.24) is 0 Å². The number of methoxy groups -OCH3 is 1. The van der Waals surface area contributed by atoms with Crippen molar-refractivity contribution in [3.63, 3.8) is 0 Å². The van der Waals surface area contributed by atoms with E-state index < -0.39 is 0 Å². The molecule has 0 radical (unpaired) electrons. The largest absolute Gasteiger partial charge is 0.493 e. The summed E-state index contributed by atoms with van der Waals surface area (Å²) >= 11 is 10.8. The molecule has 1 aromatic carbocycles. The van der Waals surface area contributed by atoms with Crippen LogP contribution in [-0.2, 0) is 4.74 Å². The van der Waals surface area contributed by atoms with Gasteiger partial charge in [-0.3, -0.25) is 0 Å². The van der Waals surface area contributed by atoms with Gasteiger partial charge in [-0.25, -0.2) is 0 Å². The Kier molecular flexibility index (Phi) is 6.26. The Hall–Kier alpha value is -0.840. The number of thiocarbonyl (C=S) groups is 1. The minimum absolute atomic E-state index is 0.313. The van der Waals surface area contributed by atoms with Gasteiger partial charge in [-0.1, -0.05) is 23.8 Å². The SMILES string of the molecule is COCCCCOc1cc(Cl)ccc1C(N)=S. The molecule has 0 aliphatic rings. The first-order valence-corrected chi connectivity index (χ1v) is 6.15. The van der Waals surface area contributed by atoms with Gasteiger partial charge in [0.2, 0.25) is 0 Å². The molecule has 0 unspecified atom stereocenters. The van der Waals surface area contributed by atoms with Crippen molar-refractivity contribution in [2.75, 3.05) is 20.3 Å². The number of hydrogen-bond acceptors (Lipinski definition) is 3. The van der Waals surface area contributed by atoms with E-state index in [9.17, 15) is 0 Å². The van der Waals surface area contributed by atoms with E-state index in [4.69, 9.17) is 39.0 Å². The maximum Gasteiger partial charge on any atom is 0.130 e. The van der Waals surface area contributed by atoms with Crippen LogP contribution in [-0.4, -0.2) is 25.3 Å². The second-order valence-electron chi connectivity index (χ2n) is 3.55. The van der Waals surface area contributed by atoms with Crippen LogP contribution in [0.25, 0.3) is 0 Å². The number of ether oxygens (including phenoxy) is 2. The summed E-state index contributed by atoms with van der Waals surface area (Å²) in [4.78, 5) is 0.313. The summed E-state index contributed by atoms with van der Waals surface area (Å²) < 4.78 is 10.6. The van der Waals surface area contributed by atoms with E-state index in [1.807, 2.05) is 0 Å². The quantitative estimate of drug-likeness (QED) is 0.613. The van der Waals surface area contributed by atoms with Crippen molar-refractivity contribution in [1.29, 1.82) is 0 Å². The number of unbranched alkanes of at least 4 members (excludes halogenated alkanes) is 1. The van der Waals surface area contributed by atoms with Gasteiger partial charge in [0.25, 0.3) is 0 Å². The topological polar surface area (TPSA) is 44.5 Å². The maximum atomic E-state index is 5.90. The molecular formula is C12H16ClNO2S. The third-order valence-corrected chi connectivity index (χ3v) is 2.66. The van der Waals surface area contributed by atoms with E-state index in [1.54, 1.807) is 25.3 Å². The second kappa shape index (κ2) is 7.48. The molecule has 1 aromatic rings. The molecule has 0 atom stereocenters. The van der Waals surface area contributed by atoms with Crippen LogP contribution in [0.2, 0.25) is 5.02 Å². The zero-order valence-corrected chi connectivity index (χ0v) is 11.3. The van der Waals surface area contributed by atoms with Crippen LogP contribution in [0.1, 0.15) is 18.4 Å². The highest BCUT2D eigenvalue weighted by molar-refractivity contribution is 7.80. The van der Waals surface area contributed by atoms with Crippen LogP contribution in [0, 0.1) is 0 Å². The summed E-state index contributed by atoms with van der Waals surface area (Å²) in [6, 6.07) is 5.25. The predicted molar refractivity (Wildman–Crippen MR) is 73.9 cm³/mol. The summed E-state index contributed by atoms with van der Waals surface area (Å²) in [7, 11) is 1.68. The Morgan fingerprint density at radius 1 is 1.35 bits per heavy atom. The van der Waals surface area contributed by atoms with Gasteiger partial charge in [-0.2, -0.15) is 0 Å². The first-order chi connectivity index (χ1) is 8.15. The highest BCUT2D eigenvalue weighted by atomic mass is 35.5. The maximum absolute atomic E-state index is 5.90. The standard InChI is InChI=1S/C12H16ClNO2S/c1-15-6-2-3-7-16-11-8-9(13)4-5-10(11)12(14)17/h4-5,8H,2-3,6-7H2,1H3,(H2,14,17). The number of hydrogen-bond donors (Lipinski definition) is 1. The van der Waals surface area contributed by atoms with Gasteiger partial charge in [0.1, 0.15) is 10.7 Å². The zero-order valence-electron chi connectivity index (χ0n) is 9.74. The van der Waals surface area contributed by atoms with Gasteiger partial charge in [0.15, 0.2) is 0 Å². The minimum atomic E-state index is 0.313. The van der Waals surface area contributed by atoms with Gasteiger partial charge in [-0.15, -0.1) is 0 Å². The smallest absolute Gasteiger partial charge is 0.130 e. The fourth-order valence-electron chi connectivity index (χ4n) is 1.35. The normalized spacial score (nSPS) is 10.2. The number of benzene rings is 1. The lowest BCUT2D eigenvalue weighted by Gasteiger charge is -2.10. The van der Waals surface area contributed by atoms with Crippen LogP contribution in [0.5, 0.6) is 5.75 Å². The molecule has 0 aromatic heterocycles. The third-order valence-electron chi connectivity index (χ3n) is 2.21. The molecule has 5 heteroatoms. The molecule has 94 valence electrons. The monoisotopic (exact) mass is 273 g/mol. The average molecular weight is 274 g/mol. The highest BCUT2D eigenvalue weighted by Crippen LogP contribution is 2.23. The van der Waals surface area contributed by atoms with Crippen molar-refractivity contribution >= 4 is 28.8 Å². The molecule has 2 N–H and O–H groups in total. The summed E-state index contributed by atoms with van der Waals surface area (Å²) in [6.45, 7) is 1.33.